The van der Waals surface area contributed by atoms with E-state index in [4.69, 9.17) is 9.47 Å². The molecule has 4 N–H and O–H groups in total. The standard InChI is InChI=1S/C33H58N2O7/c1-10-26(36)16-14-22(3)28(42-32(39)34-19-20-35(8)9)17-15-24(5)30(38)23(4)13-12-18-33(7,40)21-29-31(41-29)25(6)27(37)11-2/h12-13,15,17-18,22,24-29,31,36-37,40H,10-11,14,16,19-21H2,1-9H3,(H,34,39)/b17-15+,18-12+,23-13+. The maximum absolute atomic E-state index is 13.0. The van der Waals surface area contributed by atoms with Crippen LogP contribution in [0.2, 0.25) is 0 Å². The molecule has 9 unspecified atom stereocenters. The van der Waals surface area contributed by atoms with Crippen molar-refractivity contribution in [3.8, 4) is 0 Å². The Morgan fingerprint density at radius 1 is 1.10 bits per heavy atom. The number of aliphatic hydroxyl groups is 3. The molecule has 242 valence electrons. The van der Waals surface area contributed by atoms with Crippen LogP contribution in [0.15, 0.2) is 36.0 Å². The van der Waals surface area contributed by atoms with Gasteiger partial charge in [0.15, 0.2) is 5.78 Å². The second-order valence-electron chi connectivity index (χ2n) is 12.5. The first kappa shape index (κ1) is 38.0. The number of epoxide rings is 1. The van der Waals surface area contributed by atoms with E-state index >= 15 is 0 Å². The van der Waals surface area contributed by atoms with E-state index in [1.165, 1.54) is 0 Å². The van der Waals surface area contributed by atoms with Crippen molar-refractivity contribution >= 4 is 11.9 Å². The van der Waals surface area contributed by atoms with Crippen LogP contribution in [0.4, 0.5) is 4.79 Å². The van der Waals surface area contributed by atoms with Crippen molar-refractivity contribution in [2.24, 2.45) is 17.8 Å². The van der Waals surface area contributed by atoms with Gasteiger partial charge in [-0.15, -0.1) is 0 Å². The first-order chi connectivity index (χ1) is 19.6. The Bertz CT molecular complexity index is 914. The maximum atomic E-state index is 13.0. The largest absolute Gasteiger partial charge is 0.442 e. The fourth-order valence-corrected chi connectivity index (χ4v) is 4.77. The number of Topliss-reactive ketones (excluding diaryl/α,β-unsaturated/α-hetero) is 1. The number of carbonyl (C=O) groups excluding carboxylic acids is 2. The molecule has 0 aliphatic carbocycles. The number of likely N-dealkylation sites (N-methyl/N-ethyl adjacent to an activating group) is 1. The molecule has 0 saturated carbocycles. The van der Waals surface area contributed by atoms with Crippen molar-refractivity contribution in [1.82, 2.24) is 10.2 Å². The van der Waals surface area contributed by atoms with E-state index in [-0.39, 0.29) is 29.8 Å². The number of ether oxygens (including phenoxy) is 2. The summed E-state index contributed by atoms with van der Waals surface area (Å²) in [6.45, 7) is 14.2. The maximum Gasteiger partial charge on any atom is 0.407 e. The van der Waals surface area contributed by atoms with Crippen LogP contribution in [0.5, 0.6) is 0 Å². The van der Waals surface area contributed by atoms with Gasteiger partial charge in [0, 0.05) is 31.3 Å². The van der Waals surface area contributed by atoms with Crippen LogP contribution in [0, 0.1) is 17.8 Å². The third-order valence-electron chi connectivity index (χ3n) is 8.03. The lowest BCUT2D eigenvalue weighted by atomic mass is 9.91. The predicted molar refractivity (Wildman–Crippen MR) is 167 cm³/mol. The van der Waals surface area contributed by atoms with Crippen molar-refractivity contribution in [2.75, 3.05) is 27.2 Å². The number of hydrogen-bond acceptors (Lipinski definition) is 8. The van der Waals surface area contributed by atoms with Gasteiger partial charge in [-0.1, -0.05) is 58.9 Å². The molecule has 1 saturated heterocycles. The van der Waals surface area contributed by atoms with Crippen molar-refractivity contribution in [2.45, 2.75) is 117 Å². The molecular weight excluding hydrogens is 536 g/mol. The molecule has 9 heteroatoms. The molecule has 1 rings (SSSR count). The molecule has 0 radical (unpaired) electrons. The van der Waals surface area contributed by atoms with E-state index in [9.17, 15) is 24.9 Å². The lowest BCUT2D eigenvalue weighted by Crippen LogP contribution is -2.35. The van der Waals surface area contributed by atoms with E-state index < -0.39 is 35.9 Å². The molecule has 0 aromatic heterocycles. The van der Waals surface area contributed by atoms with Gasteiger partial charge in [0.25, 0.3) is 0 Å². The Hall–Kier alpha value is -2.04. The van der Waals surface area contributed by atoms with E-state index in [1.807, 2.05) is 46.7 Å². The van der Waals surface area contributed by atoms with E-state index in [1.54, 1.807) is 51.2 Å². The number of alkyl carbamates (subject to hydrolysis) is 1. The summed E-state index contributed by atoms with van der Waals surface area (Å²) in [6, 6.07) is 0. The van der Waals surface area contributed by atoms with Gasteiger partial charge in [-0.2, -0.15) is 0 Å². The molecule has 9 nitrogen and oxygen atoms in total. The predicted octanol–water partition coefficient (Wildman–Crippen LogP) is 4.41. The monoisotopic (exact) mass is 594 g/mol. The number of allylic oxidation sites excluding steroid dienone is 4. The molecule has 0 spiro atoms. The van der Waals surface area contributed by atoms with E-state index in [2.05, 4.69) is 5.32 Å². The average molecular weight is 595 g/mol. The van der Waals surface area contributed by atoms with Gasteiger partial charge < -0.3 is 35.0 Å². The minimum Gasteiger partial charge on any atom is -0.442 e. The lowest BCUT2D eigenvalue weighted by Gasteiger charge is -2.23. The number of amides is 1. The van der Waals surface area contributed by atoms with E-state index in [0.29, 0.717) is 50.8 Å². The molecule has 9 atom stereocenters. The zero-order valence-corrected chi connectivity index (χ0v) is 27.4. The summed E-state index contributed by atoms with van der Waals surface area (Å²) in [4.78, 5) is 27.4. The summed E-state index contributed by atoms with van der Waals surface area (Å²) in [7, 11) is 3.85. The number of ketones is 1. The van der Waals surface area contributed by atoms with Crippen molar-refractivity contribution in [1.29, 1.82) is 0 Å². The highest BCUT2D eigenvalue weighted by atomic mass is 16.6. The molecule has 1 fully saturated rings. The van der Waals surface area contributed by atoms with E-state index in [0.717, 1.165) is 0 Å². The summed E-state index contributed by atoms with van der Waals surface area (Å²) >= 11 is 0. The number of nitrogens with one attached hydrogen (secondary N) is 1. The zero-order chi connectivity index (χ0) is 32.0. The summed E-state index contributed by atoms with van der Waals surface area (Å²) in [6.07, 6.45) is 9.56. The summed E-state index contributed by atoms with van der Waals surface area (Å²) in [5.41, 5.74) is -0.571. The van der Waals surface area contributed by atoms with Crippen molar-refractivity contribution in [3.05, 3.63) is 36.0 Å². The quantitative estimate of drug-likeness (QED) is 0.0706. The zero-order valence-electron chi connectivity index (χ0n) is 27.4. The number of carbonyl (C=O) groups is 2. The Kier molecular flexibility index (Phi) is 16.8. The van der Waals surface area contributed by atoms with Crippen LogP contribution in [-0.4, -0.2) is 95.4 Å². The van der Waals surface area contributed by atoms with Crippen LogP contribution < -0.4 is 5.32 Å². The number of aliphatic hydroxyl groups excluding tert-OH is 2. The topological polar surface area (TPSA) is 132 Å². The molecule has 0 aromatic rings. The van der Waals surface area contributed by atoms with Gasteiger partial charge in [0.2, 0.25) is 0 Å². The van der Waals surface area contributed by atoms with Gasteiger partial charge in [0.05, 0.1) is 30.0 Å². The van der Waals surface area contributed by atoms with Crippen LogP contribution in [0.25, 0.3) is 0 Å². The van der Waals surface area contributed by atoms with Gasteiger partial charge in [0.1, 0.15) is 6.10 Å². The molecular formula is C33H58N2O7. The Morgan fingerprint density at radius 2 is 1.76 bits per heavy atom. The molecule has 0 aromatic carbocycles. The molecule has 0 bridgehead atoms. The second kappa shape index (κ2) is 18.6. The fraction of sp³-hybridized carbons (Fsp3) is 0.758. The minimum atomic E-state index is -1.11. The molecule has 1 amide bonds. The molecule has 1 aliphatic heterocycles. The SMILES string of the molecule is CCC(O)CCC(C)C(/C=C/C(C)C(=O)/C(C)=C/C=C/C(C)(O)CC1OC1C(C)C(O)CC)OC(=O)NCCN(C)C. The van der Waals surface area contributed by atoms with Gasteiger partial charge in [-0.3, -0.25) is 4.79 Å². The summed E-state index contributed by atoms with van der Waals surface area (Å²) < 4.78 is 11.4. The van der Waals surface area contributed by atoms with Crippen molar-refractivity contribution < 1.29 is 34.4 Å². The Morgan fingerprint density at radius 3 is 2.36 bits per heavy atom. The third-order valence-corrected chi connectivity index (χ3v) is 8.03. The minimum absolute atomic E-state index is 0.0162. The first-order valence-electron chi connectivity index (χ1n) is 15.5. The van der Waals surface area contributed by atoms with Gasteiger partial charge in [-0.25, -0.2) is 4.79 Å². The number of rotatable bonds is 20. The highest BCUT2D eigenvalue weighted by Crippen LogP contribution is 2.37. The highest BCUT2D eigenvalue weighted by Gasteiger charge is 2.47. The molecule has 1 heterocycles. The lowest BCUT2D eigenvalue weighted by molar-refractivity contribution is -0.117. The van der Waals surface area contributed by atoms with Crippen LogP contribution in [0.1, 0.15) is 80.6 Å². The van der Waals surface area contributed by atoms with Crippen LogP contribution >= 0.6 is 0 Å². The normalized spacial score (nSPS) is 23.3. The van der Waals surface area contributed by atoms with Gasteiger partial charge >= 0.3 is 6.09 Å². The van der Waals surface area contributed by atoms with Gasteiger partial charge in [-0.05, 0) is 71.2 Å². The molecule has 1 aliphatic rings. The summed E-state index contributed by atoms with van der Waals surface area (Å²) in [5, 5.41) is 33.6. The number of nitrogens with zero attached hydrogens (tertiary/aromatic N) is 1. The Labute approximate surface area is 254 Å². The molecule has 42 heavy (non-hydrogen) atoms. The smallest absolute Gasteiger partial charge is 0.407 e. The highest BCUT2D eigenvalue weighted by molar-refractivity contribution is 5.97. The second-order valence-corrected chi connectivity index (χ2v) is 12.5. The van der Waals surface area contributed by atoms with Crippen LogP contribution in [0.3, 0.4) is 0 Å². The first-order valence-corrected chi connectivity index (χ1v) is 15.5. The summed E-state index contributed by atoms with van der Waals surface area (Å²) in [5.74, 6) is -0.553. The third kappa shape index (κ3) is 14.4. The van der Waals surface area contributed by atoms with Crippen molar-refractivity contribution in [3.63, 3.8) is 0 Å². The Balaban J connectivity index is 2.79. The van der Waals surface area contributed by atoms with Crippen LogP contribution in [-0.2, 0) is 14.3 Å². The fourth-order valence-electron chi connectivity index (χ4n) is 4.77. The number of hydrogen-bond donors (Lipinski definition) is 4. The average Bonchev–Trinajstić information content (AvgIpc) is 3.69.